The van der Waals surface area contributed by atoms with Crippen LogP contribution in [-0.2, 0) is 4.79 Å². The van der Waals surface area contributed by atoms with E-state index in [1.165, 1.54) is 11.8 Å². The van der Waals surface area contributed by atoms with Crippen molar-refractivity contribution in [1.82, 2.24) is 10.2 Å². The Morgan fingerprint density at radius 1 is 0.962 bits per heavy atom. The molecule has 0 fully saturated rings. The van der Waals surface area contributed by atoms with Crippen molar-refractivity contribution in [1.29, 1.82) is 0 Å². The highest BCUT2D eigenvalue weighted by Crippen LogP contribution is 2.29. The second kappa shape index (κ2) is 8.73. The number of rotatable bonds is 5. The predicted molar refractivity (Wildman–Crippen MR) is 108 cm³/mol. The zero-order valence-corrected chi connectivity index (χ0v) is 16.3. The molecule has 2 aromatic carbocycles. The van der Waals surface area contributed by atoms with Crippen LogP contribution in [0.3, 0.4) is 0 Å². The smallest absolute Gasteiger partial charge is 0.234 e. The lowest BCUT2D eigenvalue weighted by Gasteiger charge is -2.08. The molecular formula is C18H12Cl3N3OS. The number of carbonyl (C=O) groups excluding carboxylic acids is 1. The lowest BCUT2D eigenvalue weighted by Crippen LogP contribution is -2.14. The minimum absolute atomic E-state index is 0.178. The van der Waals surface area contributed by atoms with Gasteiger partial charge in [0.25, 0.3) is 0 Å². The number of halogens is 3. The van der Waals surface area contributed by atoms with Crippen molar-refractivity contribution in [2.75, 3.05) is 11.1 Å². The van der Waals surface area contributed by atoms with E-state index >= 15 is 0 Å². The maximum atomic E-state index is 12.1. The van der Waals surface area contributed by atoms with Crippen molar-refractivity contribution in [2.45, 2.75) is 5.03 Å². The van der Waals surface area contributed by atoms with Crippen LogP contribution in [-0.4, -0.2) is 21.9 Å². The number of carbonyl (C=O) groups is 1. The summed E-state index contributed by atoms with van der Waals surface area (Å²) >= 11 is 19.1. The van der Waals surface area contributed by atoms with E-state index in [1.54, 1.807) is 30.3 Å². The van der Waals surface area contributed by atoms with Crippen molar-refractivity contribution in [3.05, 3.63) is 69.7 Å². The molecule has 132 valence electrons. The summed E-state index contributed by atoms with van der Waals surface area (Å²) in [7, 11) is 0. The Hall–Kier alpha value is -1.79. The van der Waals surface area contributed by atoms with Crippen LogP contribution in [0.4, 0.5) is 5.69 Å². The van der Waals surface area contributed by atoms with Crippen LogP contribution in [0.15, 0.2) is 59.6 Å². The Bertz CT molecular complexity index is 918. The first kappa shape index (κ1) is 19.0. The Morgan fingerprint density at radius 3 is 2.42 bits per heavy atom. The van der Waals surface area contributed by atoms with E-state index in [2.05, 4.69) is 15.5 Å². The SMILES string of the molecule is O=C(CSc1ccc(-c2ccc(Cl)cc2)nn1)Nc1cccc(Cl)c1Cl. The van der Waals surface area contributed by atoms with Gasteiger partial charge in [-0.1, -0.05) is 64.8 Å². The molecule has 1 aromatic heterocycles. The fraction of sp³-hybridized carbons (Fsp3) is 0.0556. The molecular weight excluding hydrogens is 413 g/mol. The molecule has 26 heavy (non-hydrogen) atoms. The second-order valence-corrected chi connectivity index (χ2v) is 7.42. The summed E-state index contributed by atoms with van der Waals surface area (Å²) in [5.74, 6) is -0.0274. The molecule has 0 radical (unpaired) electrons. The van der Waals surface area contributed by atoms with Crippen molar-refractivity contribution >= 4 is 58.2 Å². The van der Waals surface area contributed by atoms with Crippen LogP contribution in [0.1, 0.15) is 0 Å². The normalized spacial score (nSPS) is 10.6. The molecule has 0 aliphatic heterocycles. The van der Waals surface area contributed by atoms with Gasteiger partial charge in [-0.05, 0) is 36.4 Å². The summed E-state index contributed by atoms with van der Waals surface area (Å²) < 4.78 is 0. The van der Waals surface area contributed by atoms with Gasteiger partial charge in [0.1, 0.15) is 5.03 Å². The summed E-state index contributed by atoms with van der Waals surface area (Å²) in [6, 6.07) is 16.1. The highest BCUT2D eigenvalue weighted by Gasteiger charge is 2.10. The molecule has 0 aliphatic carbocycles. The van der Waals surface area contributed by atoms with Crippen LogP contribution in [0.5, 0.6) is 0 Å². The minimum Gasteiger partial charge on any atom is -0.324 e. The third-order valence-electron chi connectivity index (χ3n) is 3.36. The molecule has 0 unspecified atom stereocenters. The third kappa shape index (κ3) is 4.89. The van der Waals surface area contributed by atoms with Gasteiger partial charge in [0.05, 0.1) is 27.2 Å². The molecule has 8 heteroatoms. The van der Waals surface area contributed by atoms with Crippen molar-refractivity contribution in [2.24, 2.45) is 0 Å². The van der Waals surface area contributed by atoms with Gasteiger partial charge in [-0.3, -0.25) is 4.79 Å². The Morgan fingerprint density at radius 2 is 1.73 bits per heavy atom. The van der Waals surface area contributed by atoms with Gasteiger partial charge < -0.3 is 5.32 Å². The van der Waals surface area contributed by atoms with Gasteiger partial charge in [0, 0.05) is 10.6 Å². The quantitative estimate of drug-likeness (QED) is 0.523. The van der Waals surface area contributed by atoms with E-state index in [0.29, 0.717) is 25.8 Å². The van der Waals surface area contributed by atoms with Crippen LogP contribution < -0.4 is 5.32 Å². The minimum atomic E-state index is -0.206. The number of nitrogens with zero attached hydrogens (tertiary/aromatic N) is 2. The fourth-order valence-corrected chi connectivity index (χ4v) is 3.19. The molecule has 0 saturated carbocycles. The molecule has 1 amide bonds. The number of anilines is 1. The molecule has 0 saturated heterocycles. The Kier molecular flexibility index (Phi) is 6.38. The first-order chi connectivity index (χ1) is 12.5. The molecule has 3 aromatic rings. The molecule has 0 aliphatic rings. The first-order valence-electron chi connectivity index (χ1n) is 7.49. The van der Waals surface area contributed by atoms with Crippen LogP contribution in [0.25, 0.3) is 11.3 Å². The lowest BCUT2D eigenvalue weighted by molar-refractivity contribution is -0.113. The van der Waals surface area contributed by atoms with Gasteiger partial charge in [0.2, 0.25) is 5.91 Å². The van der Waals surface area contributed by atoms with Gasteiger partial charge in [0.15, 0.2) is 0 Å². The second-order valence-electron chi connectivity index (χ2n) is 5.20. The molecule has 3 rings (SSSR count). The molecule has 1 N–H and O–H groups in total. The van der Waals surface area contributed by atoms with E-state index in [9.17, 15) is 4.79 Å². The summed E-state index contributed by atoms with van der Waals surface area (Å²) in [6.45, 7) is 0. The topological polar surface area (TPSA) is 54.9 Å². The summed E-state index contributed by atoms with van der Waals surface area (Å²) in [5, 5.41) is 13.1. The number of aromatic nitrogens is 2. The summed E-state index contributed by atoms with van der Waals surface area (Å²) in [4.78, 5) is 12.1. The van der Waals surface area contributed by atoms with E-state index in [-0.39, 0.29) is 11.7 Å². The van der Waals surface area contributed by atoms with Gasteiger partial charge in [-0.25, -0.2) is 0 Å². The number of thioether (sulfide) groups is 1. The molecule has 1 heterocycles. The summed E-state index contributed by atoms with van der Waals surface area (Å²) in [6.07, 6.45) is 0. The van der Waals surface area contributed by atoms with Gasteiger partial charge in [-0.15, -0.1) is 10.2 Å². The zero-order chi connectivity index (χ0) is 18.5. The monoisotopic (exact) mass is 423 g/mol. The van der Waals surface area contributed by atoms with Gasteiger partial charge >= 0.3 is 0 Å². The largest absolute Gasteiger partial charge is 0.324 e. The third-order valence-corrected chi connectivity index (χ3v) is 5.35. The Labute approximate surface area is 169 Å². The highest BCUT2D eigenvalue weighted by atomic mass is 35.5. The molecule has 0 atom stereocenters. The number of hydrogen-bond acceptors (Lipinski definition) is 4. The average Bonchev–Trinajstić information content (AvgIpc) is 2.65. The van der Waals surface area contributed by atoms with E-state index in [1.807, 2.05) is 24.3 Å². The zero-order valence-electron chi connectivity index (χ0n) is 13.2. The lowest BCUT2D eigenvalue weighted by atomic mass is 10.1. The average molecular weight is 425 g/mol. The number of nitrogens with one attached hydrogen (secondary N) is 1. The molecule has 4 nitrogen and oxygen atoms in total. The maximum Gasteiger partial charge on any atom is 0.234 e. The van der Waals surface area contributed by atoms with Crippen molar-refractivity contribution < 1.29 is 4.79 Å². The number of benzene rings is 2. The Balaban J connectivity index is 1.58. The van der Waals surface area contributed by atoms with Crippen molar-refractivity contribution in [3.8, 4) is 11.3 Å². The predicted octanol–water partition coefficient (Wildman–Crippen LogP) is 5.83. The fourth-order valence-electron chi connectivity index (χ4n) is 2.10. The summed E-state index contributed by atoms with van der Waals surface area (Å²) in [5.41, 5.74) is 2.14. The van der Waals surface area contributed by atoms with E-state index in [4.69, 9.17) is 34.8 Å². The van der Waals surface area contributed by atoms with E-state index in [0.717, 1.165) is 11.3 Å². The number of amides is 1. The molecule has 0 spiro atoms. The van der Waals surface area contributed by atoms with Crippen LogP contribution >= 0.6 is 46.6 Å². The highest BCUT2D eigenvalue weighted by molar-refractivity contribution is 7.99. The maximum absolute atomic E-state index is 12.1. The first-order valence-corrected chi connectivity index (χ1v) is 9.61. The van der Waals surface area contributed by atoms with Crippen LogP contribution in [0, 0.1) is 0 Å². The van der Waals surface area contributed by atoms with Gasteiger partial charge in [-0.2, -0.15) is 0 Å². The van der Waals surface area contributed by atoms with Crippen LogP contribution in [0.2, 0.25) is 15.1 Å². The van der Waals surface area contributed by atoms with Crippen molar-refractivity contribution in [3.63, 3.8) is 0 Å². The standard InChI is InChI=1S/C18H12Cl3N3OS/c19-12-6-4-11(5-7-12)14-8-9-17(24-23-14)26-10-16(25)22-15-3-1-2-13(20)18(15)21/h1-9H,10H2,(H,22,25). The molecule has 0 bridgehead atoms. The number of hydrogen-bond donors (Lipinski definition) is 1. The van der Waals surface area contributed by atoms with E-state index < -0.39 is 0 Å².